The lowest BCUT2D eigenvalue weighted by Crippen LogP contribution is -2.03. The molecule has 1 aromatic rings. The van der Waals surface area contributed by atoms with E-state index in [1.807, 2.05) is 6.07 Å². The van der Waals surface area contributed by atoms with Gasteiger partial charge in [-0.15, -0.1) is 5.11 Å². The summed E-state index contributed by atoms with van der Waals surface area (Å²) < 4.78 is 4.73. The molecule has 0 aliphatic rings. The first-order valence-corrected chi connectivity index (χ1v) is 5.04. The molecule has 90 valence electrons. The van der Waals surface area contributed by atoms with E-state index >= 15 is 0 Å². The van der Waals surface area contributed by atoms with Gasteiger partial charge in [-0.3, -0.25) is 4.79 Å². The molecule has 0 aliphatic heterocycles. The van der Waals surface area contributed by atoms with Gasteiger partial charge in [0, 0.05) is 14.0 Å². The number of aliphatic hydroxyl groups is 1. The second kappa shape index (κ2) is 6.55. The smallest absolute Gasteiger partial charge is 0.183 e. The maximum absolute atomic E-state index is 11.3. The van der Waals surface area contributed by atoms with Crippen molar-refractivity contribution >= 4 is 11.5 Å². The minimum absolute atomic E-state index is 0.0667. The first-order chi connectivity index (χ1) is 8.15. The van der Waals surface area contributed by atoms with Crippen molar-refractivity contribution in [3.8, 4) is 0 Å². The molecule has 0 aliphatic carbocycles. The minimum atomic E-state index is -0.362. The van der Waals surface area contributed by atoms with Gasteiger partial charge in [-0.25, -0.2) is 0 Å². The van der Waals surface area contributed by atoms with E-state index in [4.69, 9.17) is 4.74 Å². The number of allylic oxidation sites excluding steroid dienone is 1. The van der Waals surface area contributed by atoms with Gasteiger partial charge in [-0.2, -0.15) is 5.11 Å². The van der Waals surface area contributed by atoms with E-state index in [-0.39, 0.29) is 23.8 Å². The Labute approximate surface area is 99.4 Å². The fourth-order valence-corrected chi connectivity index (χ4v) is 1.14. The van der Waals surface area contributed by atoms with Crippen LogP contribution in [0, 0.1) is 0 Å². The number of carbonyl (C=O) groups excluding carboxylic acids is 1. The van der Waals surface area contributed by atoms with Crippen molar-refractivity contribution in [2.45, 2.75) is 6.92 Å². The molecule has 0 fully saturated rings. The Morgan fingerprint density at radius 1 is 1.35 bits per heavy atom. The van der Waals surface area contributed by atoms with Crippen molar-refractivity contribution in [3.63, 3.8) is 0 Å². The maximum atomic E-state index is 11.3. The summed E-state index contributed by atoms with van der Waals surface area (Å²) in [6, 6.07) is 8.95. The lowest BCUT2D eigenvalue weighted by atomic mass is 10.3. The summed E-state index contributed by atoms with van der Waals surface area (Å²) in [7, 11) is 1.42. The molecule has 0 amide bonds. The number of ketones is 1. The molecule has 0 aromatic heterocycles. The normalized spacial score (nSPS) is 12.6. The van der Waals surface area contributed by atoms with Crippen molar-refractivity contribution in [1.82, 2.24) is 0 Å². The van der Waals surface area contributed by atoms with E-state index in [2.05, 4.69) is 10.2 Å². The molecule has 0 bridgehead atoms. The van der Waals surface area contributed by atoms with Crippen LogP contribution in [0.1, 0.15) is 6.92 Å². The number of methoxy groups -OCH3 is 1. The number of nitrogens with zero attached hydrogens (tertiary/aromatic N) is 2. The van der Waals surface area contributed by atoms with Gasteiger partial charge in [0.1, 0.15) is 12.4 Å². The summed E-state index contributed by atoms with van der Waals surface area (Å²) in [6.07, 6.45) is 0. The Hall–Kier alpha value is -2.01. The fraction of sp³-hybridized carbons (Fsp3) is 0.250. The van der Waals surface area contributed by atoms with Crippen molar-refractivity contribution in [1.29, 1.82) is 0 Å². The minimum Gasteiger partial charge on any atom is -0.507 e. The van der Waals surface area contributed by atoms with E-state index < -0.39 is 0 Å². The molecule has 1 aromatic carbocycles. The van der Waals surface area contributed by atoms with Gasteiger partial charge < -0.3 is 9.84 Å². The largest absolute Gasteiger partial charge is 0.507 e. The standard InChI is InChI=1S/C12H14N2O3/c1-9(15)12(11(16)8-17-2)14-13-10-6-4-3-5-7-10/h3-7,16H,8H2,1-2H3. The number of Topliss-reactive ketones (excluding diaryl/α,β-unsaturated/α-hetero) is 1. The molecule has 0 heterocycles. The van der Waals surface area contributed by atoms with Gasteiger partial charge in [0.05, 0.1) is 5.69 Å². The van der Waals surface area contributed by atoms with Crippen LogP contribution in [-0.4, -0.2) is 24.6 Å². The van der Waals surface area contributed by atoms with Gasteiger partial charge in [0.2, 0.25) is 0 Å². The summed E-state index contributed by atoms with van der Waals surface area (Å²) in [4.78, 5) is 11.3. The van der Waals surface area contributed by atoms with Gasteiger partial charge in [-0.1, -0.05) is 18.2 Å². The average Bonchev–Trinajstić information content (AvgIpc) is 2.30. The van der Waals surface area contributed by atoms with Gasteiger partial charge >= 0.3 is 0 Å². The molecule has 17 heavy (non-hydrogen) atoms. The predicted molar refractivity (Wildman–Crippen MR) is 63.2 cm³/mol. The highest BCUT2D eigenvalue weighted by atomic mass is 16.5. The van der Waals surface area contributed by atoms with Crippen molar-refractivity contribution in [3.05, 3.63) is 41.8 Å². The third-order valence-corrected chi connectivity index (χ3v) is 1.91. The first kappa shape index (κ1) is 13.1. The van der Waals surface area contributed by atoms with E-state index in [0.717, 1.165) is 0 Å². The van der Waals surface area contributed by atoms with E-state index in [1.165, 1.54) is 14.0 Å². The molecule has 0 saturated heterocycles. The number of ether oxygens (including phenoxy) is 1. The SMILES string of the molecule is COCC(O)=C(N=Nc1ccccc1)C(C)=O. The number of hydrogen-bond acceptors (Lipinski definition) is 5. The summed E-state index contributed by atoms with van der Waals surface area (Å²) in [5.74, 6) is -0.584. The van der Waals surface area contributed by atoms with Crippen LogP contribution in [0.5, 0.6) is 0 Å². The first-order valence-electron chi connectivity index (χ1n) is 5.04. The van der Waals surface area contributed by atoms with Gasteiger partial charge in [0.25, 0.3) is 0 Å². The third kappa shape index (κ3) is 4.16. The lowest BCUT2D eigenvalue weighted by Gasteiger charge is -2.01. The molecule has 0 saturated carbocycles. The van der Waals surface area contributed by atoms with Crippen LogP contribution in [0.15, 0.2) is 52.0 Å². The highest BCUT2D eigenvalue weighted by molar-refractivity contribution is 5.93. The van der Waals surface area contributed by atoms with Crippen LogP contribution < -0.4 is 0 Å². The van der Waals surface area contributed by atoms with Crippen LogP contribution in [0.3, 0.4) is 0 Å². The third-order valence-electron chi connectivity index (χ3n) is 1.91. The maximum Gasteiger partial charge on any atom is 0.183 e. The number of rotatable bonds is 5. The Bertz CT molecular complexity index is 438. The summed E-state index contributed by atoms with van der Waals surface area (Å²) >= 11 is 0. The van der Waals surface area contributed by atoms with Crippen LogP contribution in [0.25, 0.3) is 0 Å². The summed E-state index contributed by atoms with van der Waals surface area (Å²) in [5, 5.41) is 17.1. The van der Waals surface area contributed by atoms with Gasteiger partial charge in [-0.05, 0) is 12.1 Å². The Kier molecular flexibility index (Phi) is 5.03. The van der Waals surface area contributed by atoms with E-state index in [0.29, 0.717) is 5.69 Å². The molecule has 0 spiro atoms. The molecule has 5 heteroatoms. The molecular weight excluding hydrogens is 220 g/mol. The second-order valence-electron chi connectivity index (χ2n) is 3.32. The van der Waals surface area contributed by atoms with Crippen LogP contribution in [-0.2, 0) is 9.53 Å². The quantitative estimate of drug-likeness (QED) is 0.483. The zero-order chi connectivity index (χ0) is 12.7. The van der Waals surface area contributed by atoms with Crippen LogP contribution in [0.2, 0.25) is 0 Å². The van der Waals surface area contributed by atoms with Crippen LogP contribution >= 0.6 is 0 Å². The average molecular weight is 234 g/mol. The number of hydrogen-bond donors (Lipinski definition) is 1. The van der Waals surface area contributed by atoms with Gasteiger partial charge in [0.15, 0.2) is 11.5 Å². The Morgan fingerprint density at radius 2 is 2.00 bits per heavy atom. The highest BCUT2D eigenvalue weighted by Crippen LogP contribution is 2.14. The number of aliphatic hydroxyl groups excluding tert-OH is 1. The van der Waals surface area contributed by atoms with Crippen LogP contribution in [0.4, 0.5) is 5.69 Å². The molecular formula is C12H14N2O3. The van der Waals surface area contributed by atoms with Crippen molar-refractivity contribution in [2.24, 2.45) is 10.2 Å². The zero-order valence-electron chi connectivity index (χ0n) is 9.75. The zero-order valence-corrected chi connectivity index (χ0v) is 9.75. The Balaban J connectivity index is 2.92. The molecule has 5 nitrogen and oxygen atoms in total. The molecule has 0 radical (unpaired) electrons. The summed E-state index contributed by atoms with van der Waals surface area (Å²) in [5.41, 5.74) is 0.521. The molecule has 1 rings (SSSR count). The fourth-order valence-electron chi connectivity index (χ4n) is 1.14. The molecule has 0 unspecified atom stereocenters. The van der Waals surface area contributed by atoms with E-state index in [9.17, 15) is 9.90 Å². The number of carbonyl (C=O) groups is 1. The lowest BCUT2D eigenvalue weighted by molar-refractivity contribution is -0.113. The molecule has 1 N–H and O–H groups in total. The summed E-state index contributed by atoms with van der Waals surface area (Å²) in [6.45, 7) is 1.24. The monoisotopic (exact) mass is 234 g/mol. The predicted octanol–water partition coefficient (Wildman–Crippen LogP) is 2.78. The van der Waals surface area contributed by atoms with E-state index in [1.54, 1.807) is 24.3 Å². The second-order valence-corrected chi connectivity index (χ2v) is 3.32. The Morgan fingerprint density at radius 3 is 2.53 bits per heavy atom. The number of azo groups is 1. The molecule has 0 atom stereocenters. The van der Waals surface area contributed by atoms with Crippen molar-refractivity contribution in [2.75, 3.05) is 13.7 Å². The highest BCUT2D eigenvalue weighted by Gasteiger charge is 2.10. The number of benzene rings is 1. The topological polar surface area (TPSA) is 71.2 Å². The van der Waals surface area contributed by atoms with Crippen molar-refractivity contribution < 1.29 is 14.6 Å².